The molecule has 1 heterocycles. The number of carbonyl (C=O) groups is 1. The minimum absolute atomic E-state index is 0. The molecule has 158 valence electrons. The smallest absolute Gasteiger partial charge is 0.227 e. The van der Waals surface area contributed by atoms with E-state index in [4.69, 9.17) is 0 Å². The lowest BCUT2D eigenvalue weighted by atomic mass is 9.92. The molecule has 1 aliphatic heterocycles. The Morgan fingerprint density at radius 1 is 1.25 bits per heavy atom. The maximum Gasteiger partial charge on any atom is 0.227 e. The fourth-order valence-corrected chi connectivity index (χ4v) is 3.41. The van der Waals surface area contributed by atoms with Crippen LogP contribution in [0.2, 0.25) is 0 Å². The van der Waals surface area contributed by atoms with Gasteiger partial charge in [0.2, 0.25) is 5.91 Å². The van der Waals surface area contributed by atoms with Crippen LogP contribution in [0.3, 0.4) is 0 Å². The number of nitrogens with one attached hydrogen (secondary N) is 3. The van der Waals surface area contributed by atoms with Gasteiger partial charge in [-0.05, 0) is 39.7 Å². The van der Waals surface area contributed by atoms with Crippen LogP contribution in [0, 0.1) is 5.41 Å². The van der Waals surface area contributed by atoms with Crippen LogP contribution < -0.4 is 16.0 Å². The molecule has 1 fully saturated rings. The van der Waals surface area contributed by atoms with Gasteiger partial charge in [-0.1, -0.05) is 30.3 Å². The van der Waals surface area contributed by atoms with Crippen LogP contribution in [0.1, 0.15) is 39.7 Å². The van der Waals surface area contributed by atoms with E-state index in [-0.39, 0.29) is 29.9 Å². The van der Waals surface area contributed by atoms with E-state index < -0.39 is 5.41 Å². The van der Waals surface area contributed by atoms with Gasteiger partial charge in [0.25, 0.3) is 0 Å². The average molecular weight is 501 g/mol. The summed E-state index contributed by atoms with van der Waals surface area (Å²) >= 11 is 0. The van der Waals surface area contributed by atoms with Crippen LogP contribution in [0.5, 0.6) is 0 Å². The number of likely N-dealkylation sites (tertiary alicyclic amines) is 1. The lowest BCUT2D eigenvalue weighted by Gasteiger charge is -2.26. The second kappa shape index (κ2) is 11.6. The summed E-state index contributed by atoms with van der Waals surface area (Å²) < 4.78 is 0. The molecule has 0 spiro atoms. The average Bonchev–Trinajstić information content (AvgIpc) is 2.98. The zero-order chi connectivity index (χ0) is 19.9. The summed E-state index contributed by atoms with van der Waals surface area (Å²) in [6, 6.07) is 11.5. The van der Waals surface area contributed by atoms with Gasteiger partial charge in [0.15, 0.2) is 5.96 Å². The lowest BCUT2D eigenvalue weighted by molar-refractivity contribution is -0.128. The second-order valence-corrected chi connectivity index (χ2v) is 8.01. The number of hydrogen-bond acceptors (Lipinski definition) is 3. The molecule has 0 aromatic heterocycles. The molecule has 1 aromatic rings. The summed E-state index contributed by atoms with van der Waals surface area (Å²) in [5.41, 5.74) is 0.854. The number of benzene rings is 1. The molecule has 3 N–H and O–H groups in total. The molecular weight excluding hydrogens is 465 g/mol. The second-order valence-electron chi connectivity index (χ2n) is 8.01. The first-order valence-corrected chi connectivity index (χ1v) is 9.89. The van der Waals surface area contributed by atoms with Crippen molar-refractivity contribution in [2.45, 2.75) is 52.7 Å². The fraction of sp³-hybridized carbons (Fsp3) is 0.619. The molecule has 0 aliphatic carbocycles. The van der Waals surface area contributed by atoms with Crippen molar-refractivity contribution in [1.29, 1.82) is 0 Å². The number of amides is 1. The van der Waals surface area contributed by atoms with Crippen LogP contribution in [0.25, 0.3) is 0 Å². The third-order valence-corrected chi connectivity index (χ3v) is 5.15. The Morgan fingerprint density at radius 3 is 2.54 bits per heavy atom. The Morgan fingerprint density at radius 2 is 1.93 bits per heavy atom. The molecule has 1 amide bonds. The van der Waals surface area contributed by atoms with Gasteiger partial charge in [-0.25, -0.2) is 0 Å². The number of hydrogen-bond donors (Lipinski definition) is 3. The molecule has 28 heavy (non-hydrogen) atoms. The van der Waals surface area contributed by atoms with E-state index in [0.29, 0.717) is 25.2 Å². The predicted octanol–water partition coefficient (Wildman–Crippen LogP) is 2.59. The van der Waals surface area contributed by atoms with Gasteiger partial charge in [0, 0.05) is 45.3 Å². The zero-order valence-corrected chi connectivity index (χ0v) is 20.1. The molecule has 6 nitrogen and oxygen atoms in total. The Kier molecular flexibility index (Phi) is 10.2. The molecule has 1 aromatic carbocycles. The SMILES string of the molecule is CCNC(=O)C(C)(C)CNC(=NC)NC1CC(C)N(Cc2ccccc2)C1.I. The maximum atomic E-state index is 12.2. The summed E-state index contributed by atoms with van der Waals surface area (Å²) in [7, 11) is 1.77. The van der Waals surface area contributed by atoms with Gasteiger partial charge in [-0.15, -0.1) is 24.0 Å². The molecule has 2 unspecified atom stereocenters. The van der Waals surface area contributed by atoms with E-state index in [0.717, 1.165) is 25.5 Å². The summed E-state index contributed by atoms with van der Waals surface area (Å²) in [4.78, 5) is 19.0. The quantitative estimate of drug-likeness (QED) is 0.305. The van der Waals surface area contributed by atoms with Crippen LogP contribution in [0.4, 0.5) is 0 Å². The number of halogens is 1. The van der Waals surface area contributed by atoms with Gasteiger partial charge in [-0.2, -0.15) is 0 Å². The Labute approximate surface area is 187 Å². The van der Waals surface area contributed by atoms with Crippen molar-refractivity contribution < 1.29 is 4.79 Å². The lowest BCUT2D eigenvalue weighted by Crippen LogP contribution is -2.50. The number of guanidine groups is 1. The zero-order valence-electron chi connectivity index (χ0n) is 17.8. The van der Waals surface area contributed by atoms with Crippen molar-refractivity contribution in [2.24, 2.45) is 10.4 Å². The molecule has 0 bridgehead atoms. The Hall–Kier alpha value is -1.35. The highest BCUT2D eigenvalue weighted by atomic mass is 127. The Balaban J connectivity index is 0.00000392. The predicted molar refractivity (Wildman–Crippen MR) is 127 cm³/mol. The highest BCUT2D eigenvalue weighted by molar-refractivity contribution is 14.0. The molecule has 0 radical (unpaired) electrons. The maximum absolute atomic E-state index is 12.2. The third kappa shape index (κ3) is 7.24. The molecule has 1 aliphatic rings. The number of carbonyl (C=O) groups excluding carboxylic acids is 1. The summed E-state index contributed by atoms with van der Waals surface area (Å²) in [5.74, 6) is 0.808. The number of nitrogens with zero attached hydrogens (tertiary/aromatic N) is 2. The summed E-state index contributed by atoms with van der Waals surface area (Å²) in [5, 5.41) is 9.73. The van der Waals surface area contributed by atoms with E-state index in [1.807, 2.05) is 20.8 Å². The van der Waals surface area contributed by atoms with Crippen molar-refractivity contribution in [3.8, 4) is 0 Å². The standard InChI is InChI=1S/C21H35N5O.HI/c1-6-23-19(27)21(3,4)15-24-20(22-5)25-18-12-16(2)26(14-18)13-17-10-8-7-9-11-17;/h7-11,16,18H,6,12-15H2,1-5H3,(H,23,27)(H2,22,24,25);1H. The van der Waals surface area contributed by atoms with E-state index in [1.54, 1.807) is 7.05 Å². The summed E-state index contributed by atoms with van der Waals surface area (Å²) in [6.45, 7) is 11.2. The Bertz CT molecular complexity index is 635. The van der Waals surface area contributed by atoms with Gasteiger partial charge in [-0.3, -0.25) is 14.7 Å². The first kappa shape index (κ1) is 24.7. The normalized spacial score (nSPS) is 20.4. The topological polar surface area (TPSA) is 68.8 Å². The van der Waals surface area contributed by atoms with Crippen LogP contribution in [-0.2, 0) is 11.3 Å². The van der Waals surface area contributed by atoms with Crippen LogP contribution in [0.15, 0.2) is 35.3 Å². The van der Waals surface area contributed by atoms with Crippen molar-refractivity contribution >= 4 is 35.8 Å². The van der Waals surface area contributed by atoms with E-state index in [1.165, 1.54) is 5.56 Å². The molecule has 0 saturated carbocycles. The summed E-state index contributed by atoms with van der Waals surface area (Å²) in [6.07, 6.45) is 1.08. The highest BCUT2D eigenvalue weighted by Crippen LogP contribution is 2.20. The van der Waals surface area contributed by atoms with E-state index in [2.05, 4.69) is 63.1 Å². The molecule has 7 heteroatoms. The van der Waals surface area contributed by atoms with Gasteiger partial charge in [0.05, 0.1) is 5.41 Å². The van der Waals surface area contributed by atoms with Crippen molar-refractivity contribution in [2.75, 3.05) is 26.7 Å². The number of rotatable bonds is 7. The molecular formula is C21H36IN5O. The first-order valence-electron chi connectivity index (χ1n) is 9.89. The third-order valence-electron chi connectivity index (χ3n) is 5.15. The minimum atomic E-state index is -0.490. The van der Waals surface area contributed by atoms with Gasteiger partial charge >= 0.3 is 0 Å². The molecule has 2 atom stereocenters. The highest BCUT2D eigenvalue weighted by Gasteiger charge is 2.31. The van der Waals surface area contributed by atoms with E-state index in [9.17, 15) is 4.79 Å². The van der Waals surface area contributed by atoms with Crippen LogP contribution >= 0.6 is 24.0 Å². The van der Waals surface area contributed by atoms with Crippen LogP contribution in [-0.4, -0.2) is 55.5 Å². The first-order chi connectivity index (χ1) is 12.9. The number of aliphatic imine (C=N–C) groups is 1. The molecule has 1 saturated heterocycles. The van der Waals surface area contributed by atoms with Gasteiger partial charge < -0.3 is 16.0 Å². The monoisotopic (exact) mass is 501 g/mol. The largest absolute Gasteiger partial charge is 0.356 e. The van der Waals surface area contributed by atoms with E-state index >= 15 is 0 Å². The van der Waals surface area contributed by atoms with Crippen molar-refractivity contribution in [3.63, 3.8) is 0 Å². The molecule has 2 rings (SSSR count). The van der Waals surface area contributed by atoms with Gasteiger partial charge in [0.1, 0.15) is 0 Å². The minimum Gasteiger partial charge on any atom is -0.356 e. The van der Waals surface area contributed by atoms with Crippen molar-refractivity contribution in [1.82, 2.24) is 20.9 Å². The van der Waals surface area contributed by atoms with Crippen molar-refractivity contribution in [3.05, 3.63) is 35.9 Å². The fourth-order valence-electron chi connectivity index (χ4n) is 3.41.